The van der Waals surface area contributed by atoms with Crippen LogP contribution in [0.15, 0.2) is 0 Å². The van der Waals surface area contributed by atoms with E-state index in [4.69, 9.17) is 52.1 Å². The molecule has 6 rings (SSSR count). The molecular formula is C53H82O18. The second kappa shape index (κ2) is 24.0. The highest BCUT2D eigenvalue weighted by Crippen LogP contribution is 2.68. The SMILES string of the molecule is CC(=O)OC[C@H]1O[C@@H](O[C@H]2[C@H](OC(C)=O)[C@@H](OC(C)=O)[C@H](O[C@H]3CC[C@@]4(C)C(CC[C@H]5[C@@H]6CC[C@H]([C@H](C)CCCC(C)C)[C@@]6(C)CC[C@@H]54)C3)O[C@@H]2COC(C)=O)[C@H](OC(C)=O)[C@@H](OC(C)=O)[C@@H]1OC(C)=O. The molecule has 4 aliphatic carbocycles. The molecule has 4 saturated carbocycles. The zero-order valence-electron chi connectivity index (χ0n) is 44.1. The first kappa shape index (κ1) is 56.4. The van der Waals surface area contributed by atoms with Gasteiger partial charge >= 0.3 is 41.8 Å². The molecular weight excluding hydrogens is 925 g/mol. The van der Waals surface area contributed by atoms with E-state index >= 15 is 0 Å². The second-order valence-corrected chi connectivity index (χ2v) is 22.4. The van der Waals surface area contributed by atoms with Gasteiger partial charge in [0.1, 0.15) is 31.5 Å². The lowest BCUT2D eigenvalue weighted by atomic mass is 9.44. The lowest BCUT2D eigenvalue weighted by Crippen LogP contribution is -2.67. The molecule has 6 aliphatic rings. The van der Waals surface area contributed by atoms with Gasteiger partial charge in [-0.1, -0.05) is 53.9 Å². The number of rotatable bonds is 18. The second-order valence-electron chi connectivity index (χ2n) is 22.4. The highest BCUT2D eigenvalue weighted by Gasteiger charge is 2.62. The third-order valence-corrected chi connectivity index (χ3v) is 17.0. The van der Waals surface area contributed by atoms with E-state index in [0.717, 1.165) is 77.6 Å². The summed E-state index contributed by atoms with van der Waals surface area (Å²) in [6.07, 6.45) is -1.77. The third-order valence-electron chi connectivity index (χ3n) is 17.0. The molecule has 1 unspecified atom stereocenters. The van der Waals surface area contributed by atoms with Gasteiger partial charge in [-0.2, -0.15) is 0 Å². The number of hydrogen-bond acceptors (Lipinski definition) is 18. The minimum Gasteiger partial charge on any atom is -0.463 e. The van der Waals surface area contributed by atoms with Gasteiger partial charge in [0, 0.05) is 48.5 Å². The minimum atomic E-state index is -1.77. The topological polar surface area (TPSA) is 221 Å². The van der Waals surface area contributed by atoms with Crippen LogP contribution in [0, 0.1) is 52.3 Å². The molecule has 18 heteroatoms. The number of fused-ring (bicyclic) bond motifs is 5. The Morgan fingerprint density at radius 2 is 0.986 bits per heavy atom. The van der Waals surface area contributed by atoms with Crippen molar-refractivity contribution in [2.45, 2.75) is 228 Å². The smallest absolute Gasteiger partial charge is 0.303 e. The average molecular weight is 1010 g/mol. The van der Waals surface area contributed by atoms with Gasteiger partial charge in [0.15, 0.2) is 43.1 Å². The first-order valence-electron chi connectivity index (χ1n) is 26.2. The van der Waals surface area contributed by atoms with E-state index in [0.29, 0.717) is 29.6 Å². The Balaban J connectivity index is 1.26. The number of hydrogen-bond donors (Lipinski definition) is 0. The van der Waals surface area contributed by atoms with Crippen molar-refractivity contribution >= 4 is 41.8 Å². The molecule has 0 aromatic carbocycles. The van der Waals surface area contributed by atoms with Gasteiger partial charge in [0.2, 0.25) is 0 Å². The standard InChI is InChI=1S/C53H82O18/c1-27(2)14-13-15-28(3)39-18-19-40-38-17-16-36-24-37(20-22-52(36,11)41(38)21-23-53(39,40)12)68-50-48(66-34(9)59)47(65-33(8)58)45(43(69-50)26-62-30(5)55)71-51-49(67-35(10)60)46(64-32(7)57)44(63-31(6)56)42(70-51)25-61-29(4)54/h27-28,36-51H,13-26H2,1-12H3/t28-,36?,37+,38+,39-,40+,41+,42-,43-,44-,45-,46+,47+,48-,49-,50-,51+,52+,53-/m1/s1. The maximum Gasteiger partial charge on any atom is 0.303 e. The van der Waals surface area contributed by atoms with Crippen LogP contribution in [-0.2, 0) is 85.7 Å². The third kappa shape index (κ3) is 13.5. The van der Waals surface area contributed by atoms with Crippen LogP contribution in [0.1, 0.15) is 160 Å². The molecule has 71 heavy (non-hydrogen) atoms. The molecule has 19 atom stereocenters. The minimum absolute atomic E-state index is 0.120. The predicted octanol–water partition coefficient (Wildman–Crippen LogP) is 7.11. The lowest BCUT2D eigenvalue weighted by molar-refractivity contribution is -0.365. The molecule has 0 radical (unpaired) electrons. The van der Waals surface area contributed by atoms with E-state index in [9.17, 15) is 33.6 Å². The number of esters is 7. The Morgan fingerprint density at radius 3 is 1.52 bits per heavy atom. The van der Waals surface area contributed by atoms with Crippen LogP contribution in [0.4, 0.5) is 0 Å². The zero-order valence-corrected chi connectivity index (χ0v) is 44.1. The summed E-state index contributed by atoms with van der Waals surface area (Å²) in [7, 11) is 0. The Hall–Kier alpha value is -3.87. The van der Waals surface area contributed by atoms with Crippen LogP contribution >= 0.6 is 0 Å². The molecule has 0 amide bonds. The van der Waals surface area contributed by atoms with E-state index < -0.39 is 116 Å². The van der Waals surface area contributed by atoms with E-state index in [1.54, 1.807) is 0 Å². The average Bonchev–Trinajstić information content (AvgIpc) is 3.62. The summed E-state index contributed by atoms with van der Waals surface area (Å²) in [5.74, 6) is -0.890. The molecule has 0 spiro atoms. The van der Waals surface area contributed by atoms with Gasteiger partial charge in [-0.05, 0) is 110 Å². The predicted molar refractivity (Wildman–Crippen MR) is 251 cm³/mol. The molecule has 0 aromatic rings. The van der Waals surface area contributed by atoms with Crippen molar-refractivity contribution in [3.05, 3.63) is 0 Å². The van der Waals surface area contributed by atoms with E-state index in [1.807, 2.05) is 0 Å². The summed E-state index contributed by atoms with van der Waals surface area (Å²) in [6, 6.07) is 0. The first-order chi connectivity index (χ1) is 33.4. The fourth-order valence-corrected chi connectivity index (χ4v) is 14.1. The van der Waals surface area contributed by atoms with Crippen LogP contribution in [-0.4, -0.2) is 123 Å². The molecule has 0 bridgehead atoms. The van der Waals surface area contributed by atoms with Gasteiger partial charge in [-0.25, -0.2) is 0 Å². The number of carbonyl (C=O) groups excluding carboxylic acids is 7. The molecule has 2 heterocycles. The molecule has 18 nitrogen and oxygen atoms in total. The van der Waals surface area contributed by atoms with Gasteiger partial charge in [0.05, 0.1) is 6.10 Å². The normalized spacial score (nSPS) is 39.1. The van der Waals surface area contributed by atoms with Crippen LogP contribution in [0.3, 0.4) is 0 Å². The van der Waals surface area contributed by atoms with Gasteiger partial charge in [0.25, 0.3) is 0 Å². The Kier molecular flexibility index (Phi) is 19.1. The number of ether oxygens (including phenoxy) is 11. The summed E-state index contributed by atoms with van der Waals surface area (Å²) < 4.78 is 65.6. The summed E-state index contributed by atoms with van der Waals surface area (Å²) in [5, 5.41) is 0. The van der Waals surface area contributed by atoms with E-state index in [-0.39, 0.29) is 11.5 Å². The van der Waals surface area contributed by atoms with Crippen molar-refractivity contribution in [2.75, 3.05) is 13.2 Å². The quantitative estimate of drug-likeness (QED) is 0.0758. The Morgan fingerprint density at radius 1 is 0.507 bits per heavy atom. The highest BCUT2D eigenvalue weighted by molar-refractivity contribution is 5.69. The monoisotopic (exact) mass is 1010 g/mol. The van der Waals surface area contributed by atoms with Gasteiger partial charge in [-0.3, -0.25) is 33.6 Å². The van der Waals surface area contributed by atoms with Crippen LogP contribution in [0.25, 0.3) is 0 Å². The van der Waals surface area contributed by atoms with Crippen molar-refractivity contribution in [2.24, 2.45) is 52.3 Å². The van der Waals surface area contributed by atoms with Gasteiger partial charge < -0.3 is 52.1 Å². The van der Waals surface area contributed by atoms with E-state index in [2.05, 4.69) is 34.6 Å². The molecule has 2 saturated heterocycles. The molecule has 0 N–H and O–H groups in total. The molecule has 2 aliphatic heterocycles. The zero-order chi connectivity index (χ0) is 52.1. The maximum atomic E-state index is 13.1. The summed E-state index contributed by atoms with van der Waals surface area (Å²) in [6.45, 7) is 19.1. The highest BCUT2D eigenvalue weighted by atomic mass is 16.8. The first-order valence-corrected chi connectivity index (χ1v) is 26.2. The lowest BCUT2D eigenvalue weighted by Gasteiger charge is -2.61. The van der Waals surface area contributed by atoms with Crippen LogP contribution < -0.4 is 0 Å². The molecule has 6 fully saturated rings. The fraction of sp³-hybridized carbons (Fsp3) is 0.868. The summed E-state index contributed by atoms with van der Waals surface area (Å²) in [4.78, 5) is 88.1. The van der Waals surface area contributed by atoms with E-state index in [1.165, 1.54) is 65.2 Å². The summed E-state index contributed by atoms with van der Waals surface area (Å²) in [5.41, 5.74) is 0.496. The van der Waals surface area contributed by atoms with Crippen molar-refractivity contribution in [3.63, 3.8) is 0 Å². The molecule has 402 valence electrons. The van der Waals surface area contributed by atoms with Gasteiger partial charge in [-0.15, -0.1) is 0 Å². The van der Waals surface area contributed by atoms with Crippen molar-refractivity contribution in [1.82, 2.24) is 0 Å². The number of carbonyl (C=O) groups is 7. The largest absolute Gasteiger partial charge is 0.463 e. The van der Waals surface area contributed by atoms with Crippen LogP contribution in [0.5, 0.6) is 0 Å². The maximum absolute atomic E-state index is 13.1. The van der Waals surface area contributed by atoms with Crippen molar-refractivity contribution < 1.29 is 85.7 Å². The Labute approximate surface area is 419 Å². The molecule has 0 aromatic heterocycles. The van der Waals surface area contributed by atoms with Crippen LogP contribution in [0.2, 0.25) is 0 Å². The van der Waals surface area contributed by atoms with Crippen molar-refractivity contribution in [3.8, 4) is 0 Å². The fourth-order valence-electron chi connectivity index (χ4n) is 14.1. The Bertz CT molecular complexity index is 1900. The summed E-state index contributed by atoms with van der Waals surface area (Å²) >= 11 is 0. The van der Waals surface area contributed by atoms with Crippen molar-refractivity contribution in [1.29, 1.82) is 0 Å².